The van der Waals surface area contributed by atoms with Gasteiger partial charge in [0.1, 0.15) is 12.1 Å². The Hall–Kier alpha value is -4.58. The Bertz CT molecular complexity index is 1700. The summed E-state index contributed by atoms with van der Waals surface area (Å²) in [6.07, 6.45) is 4.81. The number of aromatic nitrogens is 3. The summed E-state index contributed by atoms with van der Waals surface area (Å²) in [7, 11) is 2.89. The molecular formula is C33H43N7O5. The summed E-state index contributed by atoms with van der Waals surface area (Å²) >= 11 is 0. The molecule has 5 rings (SSSR count). The van der Waals surface area contributed by atoms with Crippen LogP contribution in [0.5, 0.6) is 0 Å². The van der Waals surface area contributed by atoms with Gasteiger partial charge in [0.15, 0.2) is 0 Å². The number of amides is 3. The molecule has 2 unspecified atom stereocenters. The first-order chi connectivity index (χ1) is 21.7. The average Bonchev–Trinajstić information content (AvgIpc) is 3.64. The van der Waals surface area contributed by atoms with E-state index in [2.05, 4.69) is 15.3 Å². The predicted octanol–water partition coefficient (Wildman–Crippen LogP) is 3.46. The number of piperidine rings is 1. The molecule has 3 heterocycles. The molecule has 3 amide bonds. The largest absolute Gasteiger partial charge is 0.467 e. The number of hydrogen-bond donors (Lipinski definition) is 4. The lowest BCUT2D eigenvalue weighted by atomic mass is 9.91. The van der Waals surface area contributed by atoms with Crippen molar-refractivity contribution in [3.8, 4) is 0 Å². The number of aromatic amines is 2. The van der Waals surface area contributed by atoms with Crippen molar-refractivity contribution in [2.75, 3.05) is 33.8 Å². The van der Waals surface area contributed by atoms with E-state index in [0.29, 0.717) is 51.7 Å². The van der Waals surface area contributed by atoms with E-state index in [9.17, 15) is 19.2 Å². The Morgan fingerprint density at radius 2 is 1.76 bits per heavy atom. The molecule has 3 atom stereocenters. The maximum atomic E-state index is 14.2. The van der Waals surface area contributed by atoms with Crippen LogP contribution in [0.4, 0.5) is 4.79 Å². The van der Waals surface area contributed by atoms with Crippen molar-refractivity contribution in [2.45, 2.75) is 63.1 Å². The van der Waals surface area contributed by atoms with E-state index in [4.69, 9.17) is 10.5 Å². The molecule has 2 aromatic heterocycles. The molecule has 240 valence electrons. The Balaban J connectivity index is 1.36. The number of hydrogen-bond acceptors (Lipinski definition) is 6. The molecule has 1 saturated heterocycles. The van der Waals surface area contributed by atoms with Crippen molar-refractivity contribution in [1.82, 2.24) is 29.7 Å². The number of carbonyl (C=O) groups excluding carboxylic acids is 3. The number of ether oxygens (including phenoxy) is 1. The van der Waals surface area contributed by atoms with Crippen LogP contribution in [-0.2, 0) is 14.3 Å². The number of urea groups is 1. The maximum Gasteiger partial charge on any atom is 0.328 e. The Morgan fingerprint density at radius 3 is 2.47 bits per heavy atom. The van der Waals surface area contributed by atoms with Crippen molar-refractivity contribution in [2.24, 2.45) is 5.73 Å². The third-order valence-corrected chi connectivity index (χ3v) is 9.12. The van der Waals surface area contributed by atoms with Gasteiger partial charge in [-0.25, -0.2) is 14.4 Å². The molecule has 0 bridgehead atoms. The number of fused-ring (bicyclic) bond motifs is 2. The highest BCUT2D eigenvalue weighted by Crippen LogP contribution is 2.30. The quantitative estimate of drug-likeness (QED) is 0.149. The minimum absolute atomic E-state index is 0.0549. The van der Waals surface area contributed by atoms with Crippen molar-refractivity contribution >= 4 is 39.8 Å². The van der Waals surface area contributed by atoms with Gasteiger partial charge in [0, 0.05) is 49.2 Å². The number of H-pyrrole nitrogens is 2. The number of rotatable bonds is 11. The molecular weight excluding hydrogens is 574 g/mol. The first kappa shape index (κ1) is 31.8. The third kappa shape index (κ3) is 6.60. The number of para-hydroxylation sites is 3. The summed E-state index contributed by atoms with van der Waals surface area (Å²) in [6, 6.07) is 13.2. The number of methoxy groups -OCH3 is 1. The van der Waals surface area contributed by atoms with Crippen molar-refractivity contribution in [3.63, 3.8) is 0 Å². The summed E-state index contributed by atoms with van der Waals surface area (Å²) in [5.74, 6) is -1.32. The fraction of sp³-hybridized carbons (Fsp3) is 0.455. The van der Waals surface area contributed by atoms with E-state index in [1.807, 2.05) is 61.7 Å². The molecule has 45 heavy (non-hydrogen) atoms. The van der Waals surface area contributed by atoms with Gasteiger partial charge in [-0.2, -0.15) is 0 Å². The number of likely N-dealkylation sites (tertiary alicyclic amines) is 1. The molecule has 12 heteroatoms. The topological polar surface area (TPSA) is 159 Å². The van der Waals surface area contributed by atoms with Gasteiger partial charge in [-0.05, 0) is 62.4 Å². The molecule has 12 nitrogen and oxygen atoms in total. The van der Waals surface area contributed by atoms with E-state index in [1.165, 1.54) is 12.0 Å². The highest BCUT2D eigenvalue weighted by molar-refractivity contribution is 5.92. The number of benzene rings is 2. The number of carbonyl (C=O) groups is 3. The van der Waals surface area contributed by atoms with Crippen LogP contribution in [0.3, 0.4) is 0 Å². The fourth-order valence-corrected chi connectivity index (χ4v) is 6.50. The van der Waals surface area contributed by atoms with Crippen LogP contribution in [0.2, 0.25) is 0 Å². The molecule has 0 saturated carbocycles. The Morgan fingerprint density at radius 1 is 1.07 bits per heavy atom. The second-order valence-corrected chi connectivity index (χ2v) is 11.8. The van der Waals surface area contributed by atoms with Crippen molar-refractivity contribution in [1.29, 1.82) is 0 Å². The van der Waals surface area contributed by atoms with E-state index in [-0.39, 0.29) is 23.7 Å². The lowest BCUT2D eigenvalue weighted by molar-refractivity contribution is -0.152. The number of nitrogens with one attached hydrogen (secondary N) is 3. The standard InChI is InChI=1S/C33H43N7O5/c1-21(24-20-35-25-11-5-4-10-23(24)25)29(30(41)38(2)28(31(42)45-3)14-8-9-17-34)37-32(43)39-18-15-22(16-19-39)40-27-13-7-6-12-26(27)36-33(40)44/h4-7,10-13,20-22,28-29,35H,8-9,14-19,34H2,1-3H3,(H,36,44)(H,37,43)/t21?,28-,29?/m0/s1. The number of likely N-dealkylation sites (N-methyl/N-ethyl adjacent to an activating group) is 1. The van der Waals surface area contributed by atoms with Crippen LogP contribution in [0.25, 0.3) is 21.9 Å². The second-order valence-electron chi connectivity index (χ2n) is 11.8. The molecule has 0 aliphatic carbocycles. The highest BCUT2D eigenvalue weighted by Gasteiger charge is 2.38. The second kappa shape index (κ2) is 14.0. The van der Waals surface area contributed by atoms with Crippen LogP contribution >= 0.6 is 0 Å². The lowest BCUT2D eigenvalue weighted by Crippen LogP contribution is -2.57. The Kier molecular flexibility index (Phi) is 9.92. The van der Waals surface area contributed by atoms with Gasteiger partial charge < -0.3 is 35.6 Å². The van der Waals surface area contributed by atoms with Gasteiger partial charge in [0.05, 0.1) is 18.1 Å². The first-order valence-corrected chi connectivity index (χ1v) is 15.6. The van der Waals surface area contributed by atoms with E-state index < -0.39 is 24.0 Å². The summed E-state index contributed by atoms with van der Waals surface area (Å²) in [4.78, 5) is 62.8. The van der Waals surface area contributed by atoms with Gasteiger partial charge in [-0.15, -0.1) is 0 Å². The van der Waals surface area contributed by atoms with Crippen LogP contribution in [-0.4, -0.2) is 88.1 Å². The zero-order chi connectivity index (χ0) is 32.1. The number of esters is 1. The molecule has 0 radical (unpaired) electrons. The van der Waals surface area contributed by atoms with E-state index >= 15 is 0 Å². The molecule has 0 spiro atoms. The summed E-state index contributed by atoms with van der Waals surface area (Å²) in [6.45, 7) is 3.23. The number of unbranched alkanes of at least 4 members (excludes halogenated alkanes) is 1. The van der Waals surface area contributed by atoms with E-state index in [1.54, 1.807) is 16.5 Å². The average molecular weight is 618 g/mol. The van der Waals surface area contributed by atoms with Gasteiger partial charge in [0.2, 0.25) is 5.91 Å². The Labute approximate surface area is 261 Å². The zero-order valence-electron chi connectivity index (χ0n) is 26.1. The van der Waals surface area contributed by atoms with Crippen LogP contribution in [0, 0.1) is 0 Å². The minimum atomic E-state index is -0.961. The minimum Gasteiger partial charge on any atom is -0.467 e. The smallest absolute Gasteiger partial charge is 0.328 e. The predicted molar refractivity (Wildman–Crippen MR) is 173 cm³/mol. The zero-order valence-corrected chi connectivity index (χ0v) is 26.1. The summed E-state index contributed by atoms with van der Waals surface area (Å²) in [5, 5.41) is 3.98. The van der Waals surface area contributed by atoms with Crippen LogP contribution in [0.15, 0.2) is 59.5 Å². The normalized spacial score (nSPS) is 16.0. The number of nitrogens with two attached hydrogens (primary N) is 1. The molecule has 1 aliphatic rings. The molecule has 4 aromatic rings. The SMILES string of the molecule is COC(=O)[C@H](CCCCN)N(C)C(=O)C(NC(=O)N1CCC(n2c(=O)[nH]c3ccccc32)CC1)C(C)c1c[nH]c2ccccc12. The molecule has 1 aliphatic heterocycles. The maximum absolute atomic E-state index is 14.2. The molecule has 2 aromatic carbocycles. The summed E-state index contributed by atoms with van der Waals surface area (Å²) in [5.41, 5.74) is 8.95. The lowest BCUT2D eigenvalue weighted by Gasteiger charge is -2.36. The highest BCUT2D eigenvalue weighted by atomic mass is 16.5. The molecule has 1 fully saturated rings. The fourth-order valence-electron chi connectivity index (χ4n) is 6.50. The number of imidazole rings is 1. The van der Waals surface area contributed by atoms with Gasteiger partial charge in [-0.3, -0.25) is 9.36 Å². The van der Waals surface area contributed by atoms with Crippen LogP contribution < -0.4 is 16.7 Å². The van der Waals surface area contributed by atoms with Crippen molar-refractivity contribution in [3.05, 3.63) is 70.8 Å². The van der Waals surface area contributed by atoms with Gasteiger partial charge in [0.25, 0.3) is 0 Å². The van der Waals surface area contributed by atoms with E-state index in [0.717, 1.165) is 27.5 Å². The first-order valence-electron chi connectivity index (χ1n) is 15.6. The van der Waals surface area contributed by atoms with Crippen molar-refractivity contribution < 1.29 is 19.1 Å². The number of nitrogens with zero attached hydrogens (tertiary/aromatic N) is 3. The van der Waals surface area contributed by atoms with Gasteiger partial charge in [-0.1, -0.05) is 37.3 Å². The monoisotopic (exact) mass is 617 g/mol. The molecule has 5 N–H and O–H groups in total. The van der Waals surface area contributed by atoms with Gasteiger partial charge >= 0.3 is 17.7 Å². The summed E-state index contributed by atoms with van der Waals surface area (Å²) < 4.78 is 6.83. The van der Waals surface area contributed by atoms with Crippen LogP contribution in [0.1, 0.15) is 56.6 Å². The third-order valence-electron chi connectivity index (χ3n) is 9.12.